The molecule has 1 saturated heterocycles. The third-order valence-corrected chi connectivity index (χ3v) is 7.17. The number of hydrogen-bond acceptors (Lipinski definition) is 3. The molecule has 2 saturated carbocycles. The van der Waals surface area contributed by atoms with Crippen LogP contribution in [0.25, 0.3) is 0 Å². The fourth-order valence-corrected chi connectivity index (χ4v) is 5.18. The number of phenols is 1. The highest BCUT2D eigenvalue weighted by molar-refractivity contribution is 5.88. The molecule has 130 valence electrons. The van der Waals surface area contributed by atoms with E-state index in [1.165, 1.54) is 24.8 Å². The molecule has 0 bridgehead atoms. The van der Waals surface area contributed by atoms with Crippen LogP contribution in [0, 0.1) is 16.7 Å². The molecule has 1 heterocycles. The molecule has 0 radical (unpaired) electrons. The molecule has 3 aliphatic rings. The largest absolute Gasteiger partial charge is 0.508 e. The molecule has 3 fully saturated rings. The van der Waals surface area contributed by atoms with E-state index in [0.29, 0.717) is 30.0 Å². The Balaban J connectivity index is 1.52. The van der Waals surface area contributed by atoms with Crippen molar-refractivity contribution in [2.45, 2.75) is 44.9 Å². The lowest BCUT2D eigenvalue weighted by Crippen LogP contribution is -2.49. The predicted molar refractivity (Wildman–Crippen MR) is 93.6 cm³/mol. The molecular weight excluding hydrogens is 300 g/mol. The summed E-state index contributed by atoms with van der Waals surface area (Å²) < 4.78 is 0. The smallest absolute Gasteiger partial charge is 0.230 e. The second-order valence-electron chi connectivity index (χ2n) is 8.31. The minimum Gasteiger partial charge on any atom is -0.508 e. The lowest BCUT2D eigenvalue weighted by Gasteiger charge is -2.41. The Morgan fingerprint density at radius 2 is 2.04 bits per heavy atom. The molecule has 4 rings (SSSR count). The van der Waals surface area contributed by atoms with Crippen LogP contribution in [0.15, 0.2) is 24.3 Å². The first-order valence-electron chi connectivity index (χ1n) is 9.30. The standard InChI is InChI=1S/C20H28N2O2/c1-14-7-10-22(11-17(14)15-3-5-16(23)6-4-15)18(24)20(13-21)12-19(20)8-2-9-19/h3-6,14,17,23H,2,7-13,21H2,1H3/t14-,17+,20?/m1/s1. The number of likely N-dealkylation sites (tertiary alicyclic amines) is 1. The summed E-state index contributed by atoms with van der Waals surface area (Å²) in [6, 6.07) is 7.48. The molecule has 3 atom stereocenters. The van der Waals surface area contributed by atoms with Crippen molar-refractivity contribution in [1.29, 1.82) is 0 Å². The number of hydrogen-bond donors (Lipinski definition) is 2. The molecule has 3 N–H and O–H groups in total. The number of nitrogens with zero attached hydrogens (tertiary/aromatic N) is 1. The highest BCUT2D eigenvalue weighted by atomic mass is 16.3. The summed E-state index contributed by atoms with van der Waals surface area (Å²) in [5.41, 5.74) is 7.28. The SMILES string of the molecule is C[C@@H]1CCN(C(=O)C2(CN)CC23CCC3)C[C@@H]1c1ccc(O)cc1. The molecular formula is C20H28N2O2. The monoisotopic (exact) mass is 328 g/mol. The van der Waals surface area contributed by atoms with Gasteiger partial charge in [-0.25, -0.2) is 0 Å². The molecule has 2 aliphatic carbocycles. The number of rotatable bonds is 3. The van der Waals surface area contributed by atoms with Gasteiger partial charge in [-0.1, -0.05) is 25.5 Å². The summed E-state index contributed by atoms with van der Waals surface area (Å²) in [5, 5.41) is 9.52. The second kappa shape index (κ2) is 5.48. The van der Waals surface area contributed by atoms with Gasteiger partial charge < -0.3 is 15.7 Å². The van der Waals surface area contributed by atoms with E-state index in [2.05, 4.69) is 11.8 Å². The summed E-state index contributed by atoms with van der Waals surface area (Å²) in [7, 11) is 0. The lowest BCUT2D eigenvalue weighted by atomic mass is 9.74. The number of phenolic OH excluding ortho intramolecular Hbond substituents is 1. The van der Waals surface area contributed by atoms with E-state index < -0.39 is 0 Å². The van der Waals surface area contributed by atoms with E-state index in [1.807, 2.05) is 12.1 Å². The topological polar surface area (TPSA) is 66.6 Å². The molecule has 1 amide bonds. The van der Waals surface area contributed by atoms with Gasteiger partial charge in [-0.15, -0.1) is 0 Å². The number of carbonyl (C=O) groups excluding carboxylic acids is 1. The predicted octanol–water partition coefficient (Wildman–Crippen LogP) is 2.86. The van der Waals surface area contributed by atoms with Gasteiger partial charge in [-0.05, 0) is 54.7 Å². The van der Waals surface area contributed by atoms with Crippen LogP contribution in [0.1, 0.15) is 50.5 Å². The second-order valence-corrected chi connectivity index (χ2v) is 8.31. The van der Waals surface area contributed by atoms with E-state index >= 15 is 0 Å². The van der Waals surface area contributed by atoms with Crippen molar-refractivity contribution in [3.63, 3.8) is 0 Å². The summed E-state index contributed by atoms with van der Waals surface area (Å²) >= 11 is 0. The van der Waals surface area contributed by atoms with Crippen LogP contribution in [-0.2, 0) is 4.79 Å². The fourth-order valence-electron chi connectivity index (χ4n) is 5.18. The number of carbonyl (C=O) groups is 1. The Labute approximate surface area is 144 Å². The average Bonchev–Trinajstić information content (AvgIpc) is 3.27. The highest BCUT2D eigenvalue weighted by Crippen LogP contribution is 2.74. The molecule has 1 aromatic carbocycles. The van der Waals surface area contributed by atoms with Crippen LogP contribution >= 0.6 is 0 Å². The Morgan fingerprint density at radius 1 is 1.33 bits per heavy atom. The number of nitrogens with two attached hydrogens (primary N) is 1. The van der Waals surface area contributed by atoms with Crippen molar-refractivity contribution in [3.8, 4) is 5.75 Å². The number of aromatic hydroxyl groups is 1. The van der Waals surface area contributed by atoms with Crippen molar-refractivity contribution in [2.75, 3.05) is 19.6 Å². The molecule has 24 heavy (non-hydrogen) atoms. The molecule has 4 nitrogen and oxygen atoms in total. The minimum absolute atomic E-state index is 0.246. The van der Waals surface area contributed by atoms with E-state index in [-0.39, 0.29) is 10.8 Å². The summed E-state index contributed by atoms with van der Waals surface area (Å²) in [4.78, 5) is 15.3. The number of amides is 1. The van der Waals surface area contributed by atoms with Crippen molar-refractivity contribution in [2.24, 2.45) is 22.5 Å². The number of piperidine rings is 1. The zero-order chi connectivity index (χ0) is 16.9. The third kappa shape index (κ3) is 2.19. The Hall–Kier alpha value is -1.55. The van der Waals surface area contributed by atoms with Crippen molar-refractivity contribution < 1.29 is 9.90 Å². The lowest BCUT2D eigenvalue weighted by molar-refractivity contribution is -0.140. The maximum absolute atomic E-state index is 13.3. The van der Waals surface area contributed by atoms with Crippen LogP contribution in [0.3, 0.4) is 0 Å². The van der Waals surface area contributed by atoms with Gasteiger partial charge in [0.2, 0.25) is 5.91 Å². The summed E-state index contributed by atoms with van der Waals surface area (Å²) in [5.74, 6) is 1.49. The van der Waals surface area contributed by atoms with Gasteiger partial charge in [0.05, 0.1) is 5.41 Å². The molecule has 1 aliphatic heterocycles. The summed E-state index contributed by atoms with van der Waals surface area (Å²) in [6.07, 6.45) is 5.65. The van der Waals surface area contributed by atoms with E-state index in [1.54, 1.807) is 12.1 Å². The minimum atomic E-state index is -0.259. The van der Waals surface area contributed by atoms with Crippen LogP contribution in [0.4, 0.5) is 0 Å². The molecule has 4 heteroatoms. The van der Waals surface area contributed by atoms with Crippen molar-refractivity contribution in [3.05, 3.63) is 29.8 Å². The first kappa shape index (κ1) is 15.9. The van der Waals surface area contributed by atoms with Crippen LogP contribution in [-0.4, -0.2) is 35.5 Å². The van der Waals surface area contributed by atoms with Crippen LogP contribution in [0.2, 0.25) is 0 Å². The molecule has 1 aromatic rings. The molecule has 1 unspecified atom stereocenters. The summed E-state index contributed by atoms with van der Waals surface area (Å²) in [6.45, 7) is 4.40. The van der Waals surface area contributed by atoms with Gasteiger partial charge in [0.25, 0.3) is 0 Å². The van der Waals surface area contributed by atoms with Gasteiger partial charge in [0.15, 0.2) is 0 Å². The molecule has 0 aromatic heterocycles. The Bertz CT molecular complexity index is 638. The van der Waals surface area contributed by atoms with Gasteiger partial charge in [-0.2, -0.15) is 0 Å². The van der Waals surface area contributed by atoms with Crippen molar-refractivity contribution in [1.82, 2.24) is 4.90 Å². The maximum Gasteiger partial charge on any atom is 0.230 e. The first-order valence-corrected chi connectivity index (χ1v) is 9.30. The quantitative estimate of drug-likeness (QED) is 0.896. The zero-order valence-corrected chi connectivity index (χ0v) is 14.5. The van der Waals surface area contributed by atoms with Gasteiger partial charge >= 0.3 is 0 Å². The normalized spacial score (nSPS) is 34.0. The van der Waals surface area contributed by atoms with Crippen molar-refractivity contribution >= 4 is 5.91 Å². The Kier molecular flexibility index (Phi) is 3.64. The highest BCUT2D eigenvalue weighted by Gasteiger charge is 2.73. The fraction of sp³-hybridized carbons (Fsp3) is 0.650. The maximum atomic E-state index is 13.3. The average molecular weight is 328 g/mol. The van der Waals surface area contributed by atoms with Gasteiger partial charge in [-0.3, -0.25) is 4.79 Å². The number of benzene rings is 1. The van der Waals surface area contributed by atoms with Crippen LogP contribution in [0.5, 0.6) is 5.75 Å². The van der Waals surface area contributed by atoms with Gasteiger partial charge in [0.1, 0.15) is 5.75 Å². The first-order chi connectivity index (χ1) is 11.5. The Morgan fingerprint density at radius 3 is 2.58 bits per heavy atom. The van der Waals surface area contributed by atoms with E-state index in [9.17, 15) is 9.90 Å². The van der Waals surface area contributed by atoms with Gasteiger partial charge in [0, 0.05) is 25.6 Å². The zero-order valence-electron chi connectivity index (χ0n) is 14.5. The van der Waals surface area contributed by atoms with Crippen LogP contribution < -0.4 is 5.73 Å². The third-order valence-electron chi connectivity index (χ3n) is 7.17. The van der Waals surface area contributed by atoms with E-state index in [4.69, 9.17) is 5.73 Å². The van der Waals surface area contributed by atoms with E-state index in [0.717, 1.165) is 25.9 Å². The molecule has 1 spiro atoms.